The van der Waals surface area contributed by atoms with Crippen LogP contribution in [0.4, 0.5) is 0 Å². The van der Waals surface area contributed by atoms with Crippen molar-refractivity contribution in [2.75, 3.05) is 0 Å². The summed E-state index contributed by atoms with van der Waals surface area (Å²) in [5.74, 6) is 0. The molecule has 7 rings (SSSR count). The average molecular weight is 884 g/mol. The minimum atomic E-state index is -3.09. The lowest BCUT2D eigenvalue weighted by Gasteiger charge is -2.36. The first-order chi connectivity index (χ1) is 30.8. The maximum atomic E-state index is 2.61. The van der Waals surface area contributed by atoms with Crippen molar-refractivity contribution in [3.8, 4) is 0 Å². The third-order valence-electron chi connectivity index (χ3n) is 15.9. The molecule has 0 aliphatic carbocycles. The lowest BCUT2D eigenvalue weighted by molar-refractivity contribution is 1.09. The quantitative estimate of drug-likeness (QED) is 0.0755. The lowest BCUT2D eigenvalue weighted by atomic mass is 10.1. The highest BCUT2D eigenvalue weighted by molar-refractivity contribution is 8.27. The van der Waals surface area contributed by atoms with Crippen LogP contribution in [0.15, 0.2) is 109 Å². The van der Waals surface area contributed by atoms with E-state index in [-0.39, 0.29) is 0 Å². The van der Waals surface area contributed by atoms with Gasteiger partial charge in [-0.05, 0) is 144 Å². The summed E-state index contributed by atoms with van der Waals surface area (Å²) in [6, 6.07) is 45.9. The maximum absolute atomic E-state index is 3.09. The SMILES string of the molecule is CCc1cccc(CC)c1[Si]1(c2c(CC)cccc2CC)[Si](c2c(CC)cccc2CC)(c2c(CC)cccc2CC)[Si]1(c1c(CC)cccc1CC)c1c(CC)cccc1CC. The number of rotatable bonds is 18. The predicted molar refractivity (Wildman–Crippen MR) is 286 cm³/mol. The van der Waals surface area contributed by atoms with Crippen molar-refractivity contribution in [2.24, 2.45) is 0 Å². The second-order valence-electron chi connectivity index (χ2n) is 18.2. The summed E-state index contributed by atoms with van der Waals surface area (Å²) in [6.07, 6.45) is 12.7. The summed E-state index contributed by atoms with van der Waals surface area (Å²) in [6.45, 7) is 29.9. The van der Waals surface area contributed by atoms with Gasteiger partial charge in [-0.15, -0.1) is 0 Å². The predicted octanol–water partition coefficient (Wildman–Crippen LogP) is 10.8. The Labute approximate surface area is 386 Å². The molecule has 0 aromatic heterocycles. The van der Waals surface area contributed by atoms with Gasteiger partial charge in [0.2, 0.25) is 0 Å². The van der Waals surface area contributed by atoms with E-state index < -0.39 is 21.3 Å². The van der Waals surface area contributed by atoms with E-state index in [1.165, 1.54) is 0 Å². The Morgan fingerprint density at radius 2 is 0.286 bits per heavy atom. The molecule has 1 saturated heterocycles. The average Bonchev–Trinajstić information content (AvgIpc) is 3.90. The molecule has 6 aromatic rings. The molecule has 0 unspecified atom stereocenters. The van der Waals surface area contributed by atoms with E-state index in [4.69, 9.17) is 0 Å². The molecule has 0 N–H and O–H groups in total. The van der Waals surface area contributed by atoms with Crippen molar-refractivity contribution in [3.05, 3.63) is 176 Å². The fourth-order valence-corrected chi connectivity index (χ4v) is 91.0. The molecule has 0 bridgehead atoms. The van der Waals surface area contributed by atoms with Gasteiger partial charge >= 0.3 is 0 Å². The highest BCUT2D eigenvalue weighted by Crippen LogP contribution is 2.55. The Morgan fingerprint density at radius 3 is 0.365 bits per heavy atom. The fourth-order valence-electron chi connectivity index (χ4n) is 13.5. The van der Waals surface area contributed by atoms with Crippen molar-refractivity contribution in [3.63, 3.8) is 0 Å². The molecule has 63 heavy (non-hydrogen) atoms. The molecule has 1 fully saturated rings. The van der Waals surface area contributed by atoms with E-state index in [1.807, 2.05) is 31.1 Å². The van der Waals surface area contributed by atoms with Crippen LogP contribution >= 0.6 is 0 Å². The summed E-state index contributed by atoms with van der Waals surface area (Å²) in [7, 11) is -9.28. The van der Waals surface area contributed by atoms with E-state index in [0.717, 1.165) is 77.0 Å². The van der Waals surface area contributed by atoms with Gasteiger partial charge in [-0.2, -0.15) is 0 Å². The van der Waals surface area contributed by atoms with Gasteiger partial charge < -0.3 is 0 Å². The van der Waals surface area contributed by atoms with Crippen molar-refractivity contribution < 1.29 is 0 Å². The molecule has 6 aromatic carbocycles. The van der Waals surface area contributed by atoms with Crippen LogP contribution in [-0.2, 0) is 77.0 Å². The number of benzene rings is 6. The molecule has 0 amide bonds. The Balaban J connectivity index is 2.12. The molecule has 1 aliphatic heterocycles. The van der Waals surface area contributed by atoms with Crippen LogP contribution in [0.2, 0.25) is 0 Å². The minimum Gasteiger partial charge on any atom is -0.0617 e. The first-order valence-electron chi connectivity index (χ1n) is 25.4. The third-order valence-corrected chi connectivity index (χ3v) is 62.0. The summed E-state index contributed by atoms with van der Waals surface area (Å²) in [5, 5.41) is 11.2. The molecule has 1 heterocycles. The molecule has 330 valence electrons. The van der Waals surface area contributed by atoms with Crippen molar-refractivity contribution in [1.82, 2.24) is 0 Å². The highest BCUT2D eigenvalue weighted by Gasteiger charge is 2.96. The Hall–Kier alpha value is -4.03. The number of hydrogen-bond acceptors (Lipinski definition) is 0. The van der Waals surface area contributed by atoms with E-state index in [9.17, 15) is 0 Å². The molecule has 0 saturated carbocycles. The first kappa shape index (κ1) is 46.9. The molecule has 0 nitrogen and oxygen atoms in total. The summed E-state index contributed by atoms with van der Waals surface area (Å²) >= 11 is 0. The second kappa shape index (κ2) is 19.6. The summed E-state index contributed by atoms with van der Waals surface area (Å²) in [5.41, 5.74) is 19.6. The molecule has 3 heteroatoms. The molecule has 0 spiro atoms. The van der Waals surface area contributed by atoms with Crippen LogP contribution in [-0.4, -0.2) is 21.3 Å². The van der Waals surface area contributed by atoms with Crippen molar-refractivity contribution >= 4 is 52.4 Å². The van der Waals surface area contributed by atoms with Crippen LogP contribution in [0.5, 0.6) is 0 Å². The standard InChI is InChI=1S/C60H78Si3/c1-13-43-31-25-32-44(14-2)55(43)61(56-45(15-3)33-26-34-46(56)16-4)62(57-47(17-5)35-27-36-48(57)18-6,58-49(19-7)37-28-38-50(58)20-8)63(61,59-51(21-9)39-29-40-52(59)22-10)60-53(23-11)41-30-42-54(60)24-12/h25-42H,13-24H2,1-12H3. The highest BCUT2D eigenvalue weighted by atomic mass is 30.2. The van der Waals surface area contributed by atoms with Gasteiger partial charge in [-0.25, -0.2) is 0 Å². The Morgan fingerprint density at radius 1 is 0.190 bits per heavy atom. The van der Waals surface area contributed by atoms with Crippen LogP contribution in [0.25, 0.3) is 0 Å². The zero-order chi connectivity index (χ0) is 45.1. The van der Waals surface area contributed by atoms with E-state index >= 15 is 0 Å². The second-order valence-corrected chi connectivity index (χ2v) is 43.7. The van der Waals surface area contributed by atoms with Gasteiger partial charge in [0.15, 0.2) is 0 Å². The minimum absolute atomic E-state index is 1.06. The lowest BCUT2D eigenvalue weighted by Crippen LogP contribution is -2.69. The molecule has 0 atom stereocenters. The summed E-state index contributed by atoms with van der Waals surface area (Å²) < 4.78 is 0. The van der Waals surface area contributed by atoms with Crippen molar-refractivity contribution in [2.45, 2.75) is 160 Å². The topological polar surface area (TPSA) is 0 Å². The van der Waals surface area contributed by atoms with E-state index in [1.54, 1.807) is 66.8 Å². The third kappa shape index (κ3) is 6.67. The fraction of sp³-hybridized carbons (Fsp3) is 0.400. The van der Waals surface area contributed by atoms with Crippen LogP contribution in [0.1, 0.15) is 150 Å². The number of aryl methyl sites for hydroxylation is 12. The van der Waals surface area contributed by atoms with Gasteiger partial charge in [-0.1, -0.05) is 223 Å². The van der Waals surface area contributed by atoms with E-state index in [2.05, 4.69) is 192 Å². The zero-order valence-corrected chi connectivity index (χ0v) is 44.4. The Kier molecular flexibility index (Phi) is 14.6. The smallest absolute Gasteiger partial charge is 0.0617 e. The van der Waals surface area contributed by atoms with Crippen LogP contribution in [0, 0.1) is 0 Å². The number of hydrogen-bond donors (Lipinski definition) is 0. The van der Waals surface area contributed by atoms with Gasteiger partial charge in [0, 0.05) is 0 Å². The normalized spacial score (nSPS) is 14.9. The van der Waals surface area contributed by atoms with Crippen molar-refractivity contribution in [1.29, 1.82) is 0 Å². The monoisotopic (exact) mass is 883 g/mol. The van der Waals surface area contributed by atoms with E-state index in [0.29, 0.717) is 0 Å². The largest absolute Gasteiger partial charge is 0.123 e. The van der Waals surface area contributed by atoms with Crippen LogP contribution in [0.3, 0.4) is 0 Å². The Bertz CT molecular complexity index is 1980. The first-order valence-corrected chi connectivity index (χ1v) is 34.4. The maximum Gasteiger partial charge on any atom is 0.123 e. The van der Waals surface area contributed by atoms with Gasteiger partial charge in [-0.3, -0.25) is 0 Å². The molecule has 1 aliphatic rings. The molecular formula is C60H78Si3. The summed E-state index contributed by atoms with van der Waals surface area (Å²) in [4.78, 5) is 0. The zero-order valence-electron chi connectivity index (χ0n) is 41.4. The molecule has 0 radical (unpaired) electrons. The van der Waals surface area contributed by atoms with Gasteiger partial charge in [0.1, 0.15) is 21.3 Å². The van der Waals surface area contributed by atoms with Crippen LogP contribution < -0.4 is 31.1 Å². The molecular weight excluding hydrogens is 805 g/mol. The van der Waals surface area contributed by atoms with Gasteiger partial charge in [0.25, 0.3) is 0 Å². The van der Waals surface area contributed by atoms with Gasteiger partial charge in [0.05, 0.1) is 0 Å².